The van der Waals surface area contributed by atoms with Crippen molar-refractivity contribution in [3.05, 3.63) is 108 Å². The first-order valence-electron chi connectivity index (χ1n) is 8.75. The van der Waals surface area contributed by atoms with Crippen LogP contribution in [-0.2, 0) is 45.1 Å². The number of hydrogen-bond acceptors (Lipinski definition) is 0. The Labute approximate surface area is 196 Å². The normalized spacial score (nSPS) is 10.2. The summed E-state index contributed by atoms with van der Waals surface area (Å²) in [5, 5.41) is 3.00. The minimum atomic E-state index is 0. The third-order valence-electron chi connectivity index (χ3n) is 4.68. The first-order valence-corrected chi connectivity index (χ1v) is 8.75. The zero-order chi connectivity index (χ0) is 15.2. The van der Waals surface area contributed by atoms with Gasteiger partial charge < -0.3 is 37.1 Å². The van der Waals surface area contributed by atoms with Gasteiger partial charge in [-0.3, -0.25) is 0 Å². The van der Waals surface area contributed by atoms with Crippen molar-refractivity contribution < 1.29 is 25.8 Å². The van der Waals surface area contributed by atoms with Crippen LogP contribution >= 0.6 is 0 Å². The fourth-order valence-corrected chi connectivity index (χ4v) is 3.44. The number of fused-ring (bicyclic) bond motifs is 2. The van der Waals surface area contributed by atoms with Crippen LogP contribution in [0, 0.1) is 37.1 Å². The van der Waals surface area contributed by atoms with E-state index in [0.717, 1.165) is 0 Å². The van der Waals surface area contributed by atoms with Crippen molar-refractivity contribution in [1.29, 1.82) is 0 Å². The van der Waals surface area contributed by atoms with Crippen LogP contribution in [-0.4, -0.2) is 0 Å². The molecule has 0 unspecified atom stereocenters. The van der Waals surface area contributed by atoms with E-state index >= 15 is 0 Å². The van der Waals surface area contributed by atoms with Crippen molar-refractivity contribution in [1.82, 2.24) is 0 Å². The molecule has 0 atom stereocenters. The van der Waals surface area contributed by atoms with Gasteiger partial charge in [0.05, 0.1) is 0 Å². The monoisotopic (exact) mass is 545 g/mol. The smallest absolute Gasteiger partial charge is 0 e. The summed E-state index contributed by atoms with van der Waals surface area (Å²) in [4.78, 5) is 0. The topological polar surface area (TPSA) is 0 Å². The summed E-state index contributed by atoms with van der Waals surface area (Å²) >= 11 is 0. The van der Waals surface area contributed by atoms with Crippen molar-refractivity contribution >= 4 is 10.8 Å². The van der Waals surface area contributed by atoms with Crippen molar-refractivity contribution in [2.24, 2.45) is 0 Å². The molecule has 3 aromatic rings. The Morgan fingerprint density at radius 1 is 0.893 bits per heavy atom. The zero-order valence-corrected chi connectivity index (χ0v) is 22.7. The Morgan fingerprint density at radius 3 is 2.04 bits per heavy atom. The van der Waals surface area contributed by atoms with Crippen molar-refractivity contribution in [2.45, 2.75) is 51.9 Å². The summed E-state index contributed by atoms with van der Waals surface area (Å²) < 4.78 is 0. The Hall–Kier alpha value is -0.950. The second kappa shape index (κ2) is 18.1. The molecule has 0 saturated carbocycles. The van der Waals surface area contributed by atoms with Gasteiger partial charge in [0.2, 0.25) is 0 Å². The van der Waals surface area contributed by atoms with Gasteiger partial charge >= 0.3 is 0 Å². The van der Waals surface area contributed by atoms with E-state index in [2.05, 4.69) is 31.2 Å². The second-order valence-corrected chi connectivity index (χ2v) is 6.34. The summed E-state index contributed by atoms with van der Waals surface area (Å²) in [6.07, 6.45) is 9.22. The maximum atomic E-state index is 2.47. The van der Waals surface area contributed by atoms with E-state index in [4.69, 9.17) is 0 Å². The molecule has 3 aromatic carbocycles. The van der Waals surface area contributed by atoms with E-state index in [9.17, 15) is 0 Å². The van der Waals surface area contributed by atoms with Gasteiger partial charge in [-0.05, 0) is 19.3 Å². The quantitative estimate of drug-likeness (QED) is 0.176. The average molecular weight is 544 g/mol. The van der Waals surface area contributed by atoms with Gasteiger partial charge in [-0.15, -0.1) is 34.5 Å². The van der Waals surface area contributed by atoms with Gasteiger partial charge in [0.25, 0.3) is 0 Å². The minimum absolute atomic E-state index is 0. The largest absolute Gasteiger partial charge is 0.358 e. The Bertz CT molecular complexity index is 671. The maximum absolute atomic E-state index is 2.47. The summed E-state index contributed by atoms with van der Waals surface area (Å²) in [5.74, 6) is 0. The molecular weight excluding hydrogens is 503 g/mol. The molecule has 1 heteroatoms. The first-order chi connectivity index (χ1) is 10.9. The number of aryl methyl sites for hydroxylation is 3. The number of rotatable bonds is 4. The van der Waals surface area contributed by atoms with Gasteiger partial charge in [-0.2, -0.15) is 24.3 Å². The predicted octanol–water partition coefficient (Wildman–Crippen LogP) is 8.43. The second-order valence-electron chi connectivity index (χ2n) is 6.34. The van der Waals surface area contributed by atoms with Crippen LogP contribution in [0.25, 0.3) is 10.8 Å². The minimum Gasteiger partial charge on any atom is -0.358 e. The van der Waals surface area contributed by atoms with Crippen LogP contribution in [0.15, 0.2) is 54.6 Å². The maximum Gasteiger partial charge on any atom is 0 e. The van der Waals surface area contributed by atoms with Crippen LogP contribution in [0.4, 0.5) is 0 Å². The van der Waals surface area contributed by atoms with Gasteiger partial charge in [0.1, 0.15) is 0 Å². The molecule has 0 heterocycles. The van der Waals surface area contributed by atoms with Crippen LogP contribution in [0.2, 0.25) is 0 Å². The van der Waals surface area contributed by atoms with E-state index in [1.807, 2.05) is 30.3 Å². The van der Waals surface area contributed by atoms with E-state index in [-0.39, 0.29) is 63.0 Å². The van der Waals surface area contributed by atoms with Crippen LogP contribution in [0.1, 0.15) is 49.3 Å². The van der Waals surface area contributed by atoms with Gasteiger partial charge in [-0.25, -0.2) is 12.1 Å². The Morgan fingerprint density at radius 2 is 1.50 bits per heavy atom. The molecule has 0 amide bonds. The molecule has 0 spiro atoms. The number of hydrogen-bond donors (Lipinski definition) is 0. The molecule has 0 bridgehead atoms. The standard InChI is InChI=1S/C17H21.C5H5.5CH3.Hf/c1-2-3-4-6-13-9-10-16-11-14-7-5-8-15(14)12-17(13)16;1-2-4-5-3-1;;;;;;/h9-12H,2-8H2,1H3;1-5H;5*1H3;/q7*-1;. The van der Waals surface area contributed by atoms with Crippen molar-refractivity contribution in [2.75, 3.05) is 0 Å². The zero-order valence-electron chi connectivity index (χ0n) is 19.1. The van der Waals surface area contributed by atoms with Crippen molar-refractivity contribution in [3.63, 3.8) is 0 Å². The molecule has 0 aromatic heterocycles. The number of unbranched alkanes of at least 4 members (excludes halogenated alkanes) is 2. The fraction of sp³-hybridized carbons (Fsp3) is 0.296. The molecule has 0 saturated heterocycles. The van der Waals surface area contributed by atoms with E-state index in [1.165, 1.54) is 55.7 Å². The first kappa shape index (κ1) is 34.5. The predicted molar refractivity (Wildman–Crippen MR) is 129 cm³/mol. The summed E-state index contributed by atoms with van der Waals surface area (Å²) in [6, 6.07) is 19.6. The molecule has 4 rings (SSSR count). The molecule has 1 aliphatic carbocycles. The SMILES string of the molecule is CCCCC[c-]1ccc2cc3c(cc21)CCC3.[CH3-].[CH3-].[CH3-].[CH3-].[CH3-].[Hf].c1cc[cH-]c1. The van der Waals surface area contributed by atoms with Gasteiger partial charge in [-0.1, -0.05) is 43.7 Å². The molecular formula is C27H41Hf-7. The molecule has 0 nitrogen and oxygen atoms in total. The van der Waals surface area contributed by atoms with Gasteiger partial charge in [0.15, 0.2) is 0 Å². The third kappa shape index (κ3) is 9.03. The van der Waals surface area contributed by atoms with Gasteiger partial charge in [0, 0.05) is 25.8 Å². The Kier molecular flexibility index (Phi) is 22.3. The molecule has 28 heavy (non-hydrogen) atoms. The van der Waals surface area contributed by atoms with Crippen molar-refractivity contribution in [3.8, 4) is 0 Å². The average Bonchev–Trinajstić information content (AvgIpc) is 3.28. The molecule has 160 valence electrons. The molecule has 1 aliphatic rings. The fourth-order valence-electron chi connectivity index (χ4n) is 3.44. The molecule has 0 aliphatic heterocycles. The summed E-state index contributed by atoms with van der Waals surface area (Å²) in [7, 11) is 0. The molecule has 0 N–H and O–H groups in total. The summed E-state index contributed by atoms with van der Waals surface area (Å²) in [5.41, 5.74) is 4.78. The molecule has 0 radical (unpaired) electrons. The van der Waals surface area contributed by atoms with Crippen LogP contribution < -0.4 is 0 Å². The summed E-state index contributed by atoms with van der Waals surface area (Å²) in [6.45, 7) is 2.27. The van der Waals surface area contributed by atoms with Crippen LogP contribution in [0.5, 0.6) is 0 Å². The Balaban J connectivity index is -0.000000233. The van der Waals surface area contributed by atoms with E-state index in [0.29, 0.717) is 0 Å². The third-order valence-corrected chi connectivity index (χ3v) is 4.68. The van der Waals surface area contributed by atoms with E-state index < -0.39 is 0 Å². The van der Waals surface area contributed by atoms with Crippen LogP contribution in [0.3, 0.4) is 0 Å². The van der Waals surface area contributed by atoms with E-state index in [1.54, 1.807) is 16.7 Å². The number of benzene rings is 1. The molecule has 0 fully saturated rings.